The lowest BCUT2D eigenvalue weighted by atomic mass is 10.1. The van der Waals surface area contributed by atoms with Gasteiger partial charge in [0.25, 0.3) is 0 Å². The van der Waals surface area contributed by atoms with Gasteiger partial charge in [-0.1, -0.05) is 0 Å². The van der Waals surface area contributed by atoms with E-state index in [-0.39, 0.29) is 6.10 Å². The van der Waals surface area contributed by atoms with Crippen molar-refractivity contribution >= 4 is 5.82 Å². The van der Waals surface area contributed by atoms with Crippen LogP contribution in [-0.2, 0) is 22.5 Å². The second-order valence-electron chi connectivity index (χ2n) is 4.33. The van der Waals surface area contributed by atoms with Gasteiger partial charge in [-0.05, 0) is 19.3 Å². The van der Waals surface area contributed by atoms with E-state index < -0.39 is 0 Å². The molecule has 0 radical (unpaired) electrons. The summed E-state index contributed by atoms with van der Waals surface area (Å²) in [7, 11) is 1.64. The molecule has 1 fully saturated rings. The van der Waals surface area contributed by atoms with Crippen molar-refractivity contribution in [2.45, 2.75) is 38.4 Å². The van der Waals surface area contributed by atoms with Crippen LogP contribution in [0.15, 0.2) is 6.07 Å². The number of ether oxygens (including phenoxy) is 2. The fourth-order valence-electron chi connectivity index (χ4n) is 2.06. The first kappa shape index (κ1) is 12.3. The largest absolute Gasteiger partial charge is 0.384 e. The molecule has 0 saturated carbocycles. The molecule has 0 spiro atoms. The number of rotatable bonds is 4. The Hall–Kier alpha value is -1.20. The third-order valence-electron chi connectivity index (χ3n) is 2.82. The minimum Gasteiger partial charge on any atom is -0.384 e. The zero-order chi connectivity index (χ0) is 12.1. The van der Waals surface area contributed by atoms with Crippen LogP contribution in [0.5, 0.6) is 0 Å². The van der Waals surface area contributed by atoms with Crippen LogP contribution in [0, 0.1) is 0 Å². The van der Waals surface area contributed by atoms with E-state index in [0.717, 1.165) is 37.4 Å². The summed E-state index contributed by atoms with van der Waals surface area (Å²) in [6, 6.07) is 1.74. The van der Waals surface area contributed by atoms with Crippen molar-refractivity contribution in [3.05, 3.63) is 17.6 Å². The second kappa shape index (κ2) is 5.93. The first-order chi connectivity index (χ1) is 8.28. The highest BCUT2D eigenvalue weighted by atomic mass is 16.5. The van der Waals surface area contributed by atoms with Crippen LogP contribution in [0.4, 0.5) is 5.82 Å². The summed E-state index contributed by atoms with van der Waals surface area (Å²) in [5.74, 6) is 1.25. The molecule has 0 bridgehead atoms. The summed E-state index contributed by atoms with van der Waals surface area (Å²) in [5, 5.41) is 0. The van der Waals surface area contributed by atoms with Crippen molar-refractivity contribution in [1.82, 2.24) is 9.97 Å². The van der Waals surface area contributed by atoms with Gasteiger partial charge in [0.2, 0.25) is 0 Å². The standard InChI is InChI=1S/C12H19N3O2/c1-16-8-9-6-11(13)15-12(14-9)7-10-4-2-3-5-17-10/h6,10H,2-5,7-8H2,1H3,(H2,13,14,15). The van der Waals surface area contributed by atoms with Crippen LogP contribution in [0.2, 0.25) is 0 Å². The topological polar surface area (TPSA) is 70.3 Å². The Bertz CT molecular complexity index is 365. The lowest BCUT2D eigenvalue weighted by molar-refractivity contribution is 0.0156. The summed E-state index contributed by atoms with van der Waals surface area (Å²) < 4.78 is 10.7. The van der Waals surface area contributed by atoms with Crippen LogP contribution in [0.25, 0.3) is 0 Å². The number of anilines is 1. The molecule has 5 heteroatoms. The molecular formula is C12H19N3O2. The molecule has 0 aromatic carbocycles. The molecule has 0 aliphatic carbocycles. The highest BCUT2D eigenvalue weighted by Gasteiger charge is 2.16. The molecule has 0 amide bonds. The molecule has 1 unspecified atom stereocenters. The maximum absolute atomic E-state index is 5.75. The van der Waals surface area contributed by atoms with E-state index >= 15 is 0 Å². The number of nitrogens with two attached hydrogens (primary N) is 1. The Kier molecular flexibility index (Phi) is 4.28. The van der Waals surface area contributed by atoms with Crippen LogP contribution >= 0.6 is 0 Å². The van der Waals surface area contributed by atoms with Gasteiger partial charge in [0.15, 0.2) is 0 Å². The molecule has 17 heavy (non-hydrogen) atoms. The van der Waals surface area contributed by atoms with Gasteiger partial charge in [-0.3, -0.25) is 0 Å². The predicted octanol–water partition coefficient (Wildman–Crippen LogP) is 1.32. The molecule has 94 valence electrons. The Morgan fingerprint density at radius 1 is 1.47 bits per heavy atom. The minimum absolute atomic E-state index is 0.237. The second-order valence-corrected chi connectivity index (χ2v) is 4.33. The van der Waals surface area contributed by atoms with E-state index in [2.05, 4.69) is 9.97 Å². The third-order valence-corrected chi connectivity index (χ3v) is 2.82. The van der Waals surface area contributed by atoms with Gasteiger partial charge >= 0.3 is 0 Å². The average molecular weight is 237 g/mol. The van der Waals surface area contributed by atoms with Crippen LogP contribution in [0.1, 0.15) is 30.8 Å². The van der Waals surface area contributed by atoms with Crippen molar-refractivity contribution in [1.29, 1.82) is 0 Å². The quantitative estimate of drug-likeness (QED) is 0.855. The summed E-state index contributed by atoms with van der Waals surface area (Å²) in [4.78, 5) is 8.66. The van der Waals surface area contributed by atoms with Gasteiger partial charge < -0.3 is 15.2 Å². The summed E-state index contributed by atoms with van der Waals surface area (Å²) >= 11 is 0. The van der Waals surface area contributed by atoms with Crippen molar-refractivity contribution in [3.63, 3.8) is 0 Å². The number of hydrogen-bond acceptors (Lipinski definition) is 5. The molecule has 1 aliphatic heterocycles. The van der Waals surface area contributed by atoms with Crippen molar-refractivity contribution in [2.75, 3.05) is 19.5 Å². The number of nitrogen functional groups attached to an aromatic ring is 1. The van der Waals surface area contributed by atoms with Gasteiger partial charge in [0.05, 0.1) is 18.4 Å². The molecule has 1 aromatic rings. The molecule has 5 nitrogen and oxygen atoms in total. The van der Waals surface area contributed by atoms with Gasteiger partial charge in [-0.2, -0.15) is 0 Å². The number of methoxy groups -OCH3 is 1. The first-order valence-electron chi connectivity index (χ1n) is 6.01. The van der Waals surface area contributed by atoms with E-state index in [1.54, 1.807) is 13.2 Å². The SMILES string of the molecule is COCc1cc(N)nc(CC2CCCCO2)n1. The lowest BCUT2D eigenvalue weighted by Crippen LogP contribution is -2.22. The molecule has 2 N–H and O–H groups in total. The van der Waals surface area contributed by atoms with Crippen LogP contribution in [-0.4, -0.2) is 29.8 Å². The maximum Gasteiger partial charge on any atom is 0.133 e. The van der Waals surface area contributed by atoms with E-state index in [9.17, 15) is 0 Å². The molecular weight excluding hydrogens is 218 g/mol. The number of nitrogens with zero attached hydrogens (tertiary/aromatic N) is 2. The molecule has 1 atom stereocenters. The van der Waals surface area contributed by atoms with Gasteiger partial charge in [0, 0.05) is 26.2 Å². The highest BCUT2D eigenvalue weighted by molar-refractivity contribution is 5.29. The van der Waals surface area contributed by atoms with Gasteiger partial charge in [-0.15, -0.1) is 0 Å². The maximum atomic E-state index is 5.75. The highest BCUT2D eigenvalue weighted by Crippen LogP contribution is 2.16. The van der Waals surface area contributed by atoms with Gasteiger partial charge in [-0.25, -0.2) is 9.97 Å². The molecule has 2 heterocycles. The van der Waals surface area contributed by atoms with Crippen LogP contribution < -0.4 is 5.73 Å². The normalized spacial score (nSPS) is 20.4. The predicted molar refractivity (Wildman–Crippen MR) is 64.5 cm³/mol. The van der Waals surface area contributed by atoms with E-state index in [0.29, 0.717) is 12.4 Å². The zero-order valence-corrected chi connectivity index (χ0v) is 10.2. The lowest BCUT2D eigenvalue weighted by Gasteiger charge is -2.21. The molecule has 2 rings (SSSR count). The summed E-state index contributed by atoms with van der Waals surface area (Å²) in [6.45, 7) is 1.31. The Morgan fingerprint density at radius 2 is 2.35 bits per heavy atom. The fraction of sp³-hybridized carbons (Fsp3) is 0.667. The molecule has 1 aromatic heterocycles. The van der Waals surface area contributed by atoms with Crippen molar-refractivity contribution < 1.29 is 9.47 Å². The average Bonchev–Trinajstić information content (AvgIpc) is 2.30. The van der Waals surface area contributed by atoms with E-state index in [4.69, 9.17) is 15.2 Å². The van der Waals surface area contributed by atoms with E-state index in [1.807, 2.05) is 0 Å². The Morgan fingerprint density at radius 3 is 3.06 bits per heavy atom. The third kappa shape index (κ3) is 3.64. The summed E-state index contributed by atoms with van der Waals surface area (Å²) in [6.07, 6.45) is 4.43. The van der Waals surface area contributed by atoms with E-state index in [1.165, 1.54) is 6.42 Å². The molecule has 1 saturated heterocycles. The zero-order valence-electron chi connectivity index (χ0n) is 10.2. The summed E-state index contributed by atoms with van der Waals surface area (Å²) in [5.41, 5.74) is 6.57. The first-order valence-corrected chi connectivity index (χ1v) is 6.01. The fourth-order valence-corrected chi connectivity index (χ4v) is 2.06. The van der Waals surface area contributed by atoms with Gasteiger partial charge in [0.1, 0.15) is 11.6 Å². The number of aromatic nitrogens is 2. The minimum atomic E-state index is 0.237. The Balaban J connectivity index is 2.03. The molecule has 1 aliphatic rings. The number of hydrogen-bond donors (Lipinski definition) is 1. The van der Waals surface area contributed by atoms with Crippen molar-refractivity contribution in [3.8, 4) is 0 Å². The smallest absolute Gasteiger partial charge is 0.133 e. The van der Waals surface area contributed by atoms with Crippen molar-refractivity contribution in [2.24, 2.45) is 0 Å². The Labute approximate surface area is 101 Å². The van der Waals surface area contributed by atoms with Crippen LogP contribution in [0.3, 0.4) is 0 Å². The monoisotopic (exact) mass is 237 g/mol.